The smallest absolute Gasteiger partial charge is 0.262 e. The van der Waals surface area contributed by atoms with Crippen LogP contribution in [0.4, 0.5) is 0 Å². The van der Waals surface area contributed by atoms with Crippen molar-refractivity contribution in [1.82, 2.24) is 10.2 Å². The molecule has 1 aliphatic heterocycles. The molecule has 1 atom stereocenters. The fourth-order valence-corrected chi connectivity index (χ4v) is 3.73. The number of hydrogen-bond acceptors (Lipinski definition) is 3. The molecule has 1 aromatic heterocycles. The third-order valence-electron chi connectivity index (χ3n) is 3.40. The van der Waals surface area contributed by atoms with E-state index in [4.69, 9.17) is 0 Å². The van der Waals surface area contributed by atoms with E-state index in [-0.39, 0.29) is 5.91 Å². The van der Waals surface area contributed by atoms with Gasteiger partial charge in [-0.05, 0) is 60.2 Å². The van der Waals surface area contributed by atoms with E-state index in [9.17, 15) is 4.79 Å². The van der Waals surface area contributed by atoms with Crippen molar-refractivity contribution in [2.45, 2.75) is 32.2 Å². The monoisotopic (exact) mass is 330 g/mol. The van der Waals surface area contributed by atoms with Crippen LogP contribution in [0.3, 0.4) is 0 Å². The Bertz CT molecular complexity index is 401. The molecule has 2 rings (SSSR count). The molecule has 1 fully saturated rings. The number of amides is 1. The molecule has 0 aromatic carbocycles. The van der Waals surface area contributed by atoms with Gasteiger partial charge in [0, 0.05) is 17.1 Å². The highest BCUT2D eigenvalue weighted by molar-refractivity contribution is 9.10. The van der Waals surface area contributed by atoms with Crippen LogP contribution < -0.4 is 5.32 Å². The number of halogens is 1. The summed E-state index contributed by atoms with van der Waals surface area (Å²) < 4.78 is 0.885. The number of rotatable bonds is 4. The van der Waals surface area contributed by atoms with Gasteiger partial charge in [-0.25, -0.2) is 0 Å². The first-order valence-electron chi connectivity index (χ1n) is 6.43. The van der Waals surface area contributed by atoms with Gasteiger partial charge >= 0.3 is 0 Å². The Morgan fingerprint density at radius 2 is 2.22 bits per heavy atom. The van der Waals surface area contributed by atoms with Crippen LogP contribution in [0.5, 0.6) is 0 Å². The fourth-order valence-electron chi connectivity index (χ4n) is 2.26. The number of piperidine rings is 1. The van der Waals surface area contributed by atoms with E-state index in [2.05, 4.69) is 33.1 Å². The molecule has 18 heavy (non-hydrogen) atoms. The van der Waals surface area contributed by atoms with E-state index < -0.39 is 0 Å². The lowest BCUT2D eigenvalue weighted by Gasteiger charge is -2.32. The van der Waals surface area contributed by atoms with E-state index in [0.29, 0.717) is 6.04 Å². The van der Waals surface area contributed by atoms with Gasteiger partial charge in [-0.1, -0.05) is 6.42 Å². The summed E-state index contributed by atoms with van der Waals surface area (Å²) in [5.74, 6) is 0.0285. The highest BCUT2D eigenvalue weighted by Gasteiger charge is 2.18. The maximum atomic E-state index is 12.0. The minimum Gasteiger partial charge on any atom is -0.350 e. The van der Waals surface area contributed by atoms with Gasteiger partial charge in [-0.3, -0.25) is 9.69 Å². The summed E-state index contributed by atoms with van der Waals surface area (Å²) in [6.07, 6.45) is 3.92. The zero-order valence-corrected chi connectivity index (χ0v) is 13.0. The van der Waals surface area contributed by atoms with Crippen molar-refractivity contribution in [2.24, 2.45) is 0 Å². The van der Waals surface area contributed by atoms with Gasteiger partial charge in [0.15, 0.2) is 0 Å². The Morgan fingerprint density at radius 1 is 1.50 bits per heavy atom. The molecule has 0 aliphatic carbocycles. The van der Waals surface area contributed by atoms with Gasteiger partial charge in [0.1, 0.15) is 4.88 Å². The average molecular weight is 331 g/mol. The summed E-state index contributed by atoms with van der Waals surface area (Å²) in [7, 11) is 0. The third kappa shape index (κ3) is 3.56. The van der Waals surface area contributed by atoms with Crippen molar-refractivity contribution in [3.8, 4) is 0 Å². The summed E-state index contributed by atoms with van der Waals surface area (Å²) in [5.41, 5.74) is 0. The molecule has 0 spiro atoms. The van der Waals surface area contributed by atoms with Crippen LogP contribution in [0.25, 0.3) is 0 Å². The number of hydrogen-bond donors (Lipinski definition) is 1. The highest BCUT2D eigenvalue weighted by Crippen LogP contribution is 2.22. The minimum atomic E-state index is 0.0285. The van der Waals surface area contributed by atoms with Gasteiger partial charge in [-0.2, -0.15) is 0 Å². The Kier molecular flexibility index (Phi) is 5.21. The lowest BCUT2D eigenvalue weighted by Crippen LogP contribution is -2.44. The molecule has 1 amide bonds. The maximum absolute atomic E-state index is 12.0. The van der Waals surface area contributed by atoms with Crippen LogP contribution in [0, 0.1) is 0 Å². The Morgan fingerprint density at radius 3 is 2.83 bits per heavy atom. The van der Waals surface area contributed by atoms with E-state index in [1.165, 1.54) is 43.7 Å². The normalized spacial score (nSPS) is 18.6. The molecule has 5 heteroatoms. The number of carbonyl (C=O) groups excluding carboxylic acids is 1. The summed E-state index contributed by atoms with van der Waals surface area (Å²) in [6, 6.07) is 2.33. The third-order valence-corrected chi connectivity index (χ3v) is 5.23. The lowest BCUT2D eigenvalue weighted by atomic mass is 10.1. The van der Waals surface area contributed by atoms with Gasteiger partial charge in [0.05, 0.1) is 0 Å². The Balaban J connectivity index is 1.80. The molecular formula is C13H19BrN2OS. The van der Waals surface area contributed by atoms with Crippen LogP contribution in [0.2, 0.25) is 0 Å². The number of nitrogens with one attached hydrogen (secondary N) is 1. The fraction of sp³-hybridized carbons (Fsp3) is 0.615. The van der Waals surface area contributed by atoms with Crippen LogP contribution in [-0.4, -0.2) is 36.5 Å². The molecule has 1 aliphatic rings. The van der Waals surface area contributed by atoms with Crippen molar-refractivity contribution in [3.63, 3.8) is 0 Å². The molecule has 2 heterocycles. The zero-order chi connectivity index (χ0) is 13.0. The Hall–Kier alpha value is -0.390. The number of carbonyl (C=O) groups is 1. The summed E-state index contributed by atoms with van der Waals surface area (Å²) in [4.78, 5) is 15.2. The van der Waals surface area contributed by atoms with Crippen LogP contribution >= 0.6 is 27.3 Å². The lowest BCUT2D eigenvalue weighted by molar-refractivity contribution is 0.0933. The molecule has 1 unspecified atom stereocenters. The molecule has 3 nitrogen and oxygen atoms in total. The van der Waals surface area contributed by atoms with Crippen molar-refractivity contribution < 1.29 is 4.79 Å². The summed E-state index contributed by atoms with van der Waals surface area (Å²) in [5, 5.41) is 4.95. The summed E-state index contributed by atoms with van der Waals surface area (Å²) in [6.45, 7) is 5.25. The molecule has 1 N–H and O–H groups in total. The van der Waals surface area contributed by atoms with Crippen LogP contribution in [0.1, 0.15) is 35.9 Å². The van der Waals surface area contributed by atoms with E-state index in [1.54, 1.807) is 0 Å². The molecule has 0 saturated carbocycles. The second-order valence-corrected chi connectivity index (χ2v) is 6.52. The molecule has 1 aromatic rings. The highest BCUT2D eigenvalue weighted by atomic mass is 79.9. The SMILES string of the molecule is CC(CNC(=O)c1sccc1Br)N1CCCCC1. The first-order valence-corrected chi connectivity index (χ1v) is 8.11. The number of thiophene rings is 1. The molecule has 0 radical (unpaired) electrons. The van der Waals surface area contributed by atoms with Gasteiger partial charge in [0.25, 0.3) is 5.91 Å². The van der Waals surface area contributed by atoms with E-state index in [0.717, 1.165) is 15.9 Å². The van der Waals surface area contributed by atoms with Crippen molar-refractivity contribution in [1.29, 1.82) is 0 Å². The van der Waals surface area contributed by atoms with Gasteiger partial charge in [0.2, 0.25) is 0 Å². The van der Waals surface area contributed by atoms with Crippen molar-refractivity contribution in [3.05, 3.63) is 20.8 Å². The Labute approximate surface area is 121 Å². The molecule has 100 valence electrons. The number of nitrogens with zero attached hydrogens (tertiary/aromatic N) is 1. The maximum Gasteiger partial charge on any atom is 0.262 e. The van der Waals surface area contributed by atoms with Gasteiger partial charge in [-0.15, -0.1) is 11.3 Å². The van der Waals surface area contributed by atoms with E-state index in [1.807, 2.05) is 11.4 Å². The van der Waals surface area contributed by atoms with Crippen LogP contribution in [0.15, 0.2) is 15.9 Å². The zero-order valence-electron chi connectivity index (χ0n) is 10.6. The van der Waals surface area contributed by atoms with Crippen molar-refractivity contribution in [2.75, 3.05) is 19.6 Å². The minimum absolute atomic E-state index is 0.0285. The first-order chi connectivity index (χ1) is 8.68. The second kappa shape index (κ2) is 6.68. The number of likely N-dealkylation sites (tertiary alicyclic amines) is 1. The van der Waals surface area contributed by atoms with Gasteiger partial charge < -0.3 is 5.32 Å². The predicted octanol–water partition coefficient (Wildman–Crippen LogP) is 3.11. The topological polar surface area (TPSA) is 32.3 Å². The average Bonchev–Trinajstić information content (AvgIpc) is 2.83. The van der Waals surface area contributed by atoms with E-state index >= 15 is 0 Å². The predicted molar refractivity (Wildman–Crippen MR) is 79.2 cm³/mol. The molecular weight excluding hydrogens is 312 g/mol. The standard InChI is InChI=1S/C13H19BrN2OS/c1-10(16-6-3-2-4-7-16)9-15-13(17)12-11(14)5-8-18-12/h5,8,10H,2-4,6-7,9H2,1H3,(H,15,17). The van der Waals surface area contributed by atoms with Crippen LogP contribution in [-0.2, 0) is 0 Å². The van der Waals surface area contributed by atoms with Crippen molar-refractivity contribution >= 4 is 33.2 Å². The first kappa shape index (κ1) is 14.0. The molecule has 1 saturated heterocycles. The quantitative estimate of drug-likeness (QED) is 0.919. The summed E-state index contributed by atoms with van der Waals surface area (Å²) >= 11 is 4.86. The second-order valence-electron chi connectivity index (χ2n) is 4.75. The largest absolute Gasteiger partial charge is 0.350 e. The molecule has 0 bridgehead atoms.